The molecule has 0 amide bonds. The third kappa shape index (κ3) is 7.54. The van der Waals surface area contributed by atoms with E-state index in [4.69, 9.17) is 39.0 Å². The standard InChI is InChI=1S/C9H11Cl2NO.C2HF3O2/c10-4-7-1-8(5-11)3-9(2-7)6-13-12;3-2(4,5)1(6)7/h1-3H,4-6,12H2;(H,6,7). The van der Waals surface area contributed by atoms with Crippen LogP contribution in [0.1, 0.15) is 16.7 Å². The van der Waals surface area contributed by atoms with Crippen LogP contribution in [-0.4, -0.2) is 17.3 Å². The lowest BCUT2D eigenvalue weighted by molar-refractivity contribution is -0.192. The van der Waals surface area contributed by atoms with E-state index in [0.29, 0.717) is 18.4 Å². The summed E-state index contributed by atoms with van der Waals surface area (Å²) < 4.78 is 31.7. The van der Waals surface area contributed by atoms with Gasteiger partial charge < -0.3 is 5.11 Å². The molecule has 4 nitrogen and oxygen atoms in total. The number of carbonyl (C=O) groups is 1. The number of nitrogens with two attached hydrogens (primary N) is 1. The van der Waals surface area contributed by atoms with Gasteiger partial charge in [0, 0.05) is 11.8 Å². The summed E-state index contributed by atoms with van der Waals surface area (Å²) in [5.41, 5.74) is 3.06. The third-order valence-electron chi connectivity index (χ3n) is 1.91. The van der Waals surface area contributed by atoms with Crippen molar-refractivity contribution in [2.75, 3.05) is 0 Å². The van der Waals surface area contributed by atoms with Gasteiger partial charge in [-0.05, 0) is 16.7 Å². The van der Waals surface area contributed by atoms with Gasteiger partial charge in [-0.2, -0.15) is 13.2 Å². The molecule has 0 fully saturated rings. The molecule has 114 valence electrons. The van der Waals surface area contributed by atoms with E-state index in [1.165, 1.54) is 0 Å². The fraction of sp³-hybridized carbons (Fsp3) is 0.364. The summed E-state index contributed by atoms with van der Waals surface area (Å²) in [7, 11) is 0. The van der Waals surface area contributed by atoms with Crippen LogP contribution < -0.4 is 5.90 Å². The molecule has 0 saturated carbocycles. The molecular weight excluding hydrogens is 322 g/mol. The second kappa shape index (κ2) is 9.02. The Hall–Kier alpha value is -1.02. The van der Waals surface area contributed by atoms with Crippen LogP contribution in [0.3, 0.4) is 0 Å². The maximum Gasteiger partial charge on any atom is 0.490 e. The van der Waals surface area contributed by atoms with Crippen LogP contribution in [-0.2, 0) is 28.0 Å². The minimum absolute atomic E-state index is 0.384. The SMILES string of the molecule is NOCc1cc(CCl)cc(CCl)c1.O=C(O)C(F)(F)F. The zero-order valence-corrected chi connectivity index (χ0v) is 11.6. The summed E-state index contributed by atoms with van der Waals surface area (Å²) in [6, 6.07) is 5.88. The lowest BCUT2D eigenvalue weighted by Gasteiger charge is -2.05. The lowest BCUT2D eigenvalue weighted by Crippen LogP contribution is -2.21. The Balaban J connectivity index is 0.000000441. The summed E-state index contributed by atoms with van der Waals surface area (Å²) in [6.07, 6.45) is -5.08. The van der Waals surface area contributed by atoms with Gasteiger partial charge in [0.1, 0.15) is 0 Å². The van der Waals surface area contributed by atoms with Crippen LogP contribution in [0, 0.1) is 0 Å². The van der Waals surface area contributed by atoms with Crippen molar-refractivity contribution in [1.82, 2.24) is 0 Å². The first-order valence-corrected chi connectivity index (χ1v) is 6.17. The number of carboxylic acid groups (broad SMARTS) is 1. The molecule has 0 aliphatic carbocycles. The van der Waals surface area contributed by atoms with E-state index in [9.17, 15) is 13.2 Å². The number of hydrogen-bond acceptors (Lipinski definition) is 3. The topological polar surface area (TPSA) is 72.5 Å². The Labute approximate surface area is 123 Å². The number of halogens is 5. The van der Waals surface area contributed by atoms with Crippen LogP contribution >= 0.6 is 23.2 Å². The second-order valence-corrected chi connectivity index (χ2v) is 4.07. The average molecular weight is 334 g/mol. The van der Waals surface area contributed by atoms with E-state index in [1.54, 1.807) is 0 Å². The molecule has 0 aliphatic rings. The minimum atomic E-state index is -5.08. The van der Waals surface area contributed by atoms with Gasteiger partial charge in [0.25, 0.3) is 0 Å². The number of hydrogen-bond donors (Lipinski definition) is 2. The van der Waals surface area contributed by atoms with Gasteiger partial charge in [-0.1, -0.05) is 18.2 Å². The van der Waals surface area contributed by atoms with Crippen molar-refractivity contribution >= 4 is 29.2 Å². The molecule has 9 heteroatoms. The van der Waals surface area contributed by atoms with Crippen molar-refractivity contribution in [3.8, 4) is 0 Å². The van der Waals surface area contributed by atoms with Gasteiger partial charge in [0.05, 0.1) is 6.61 Å². The van der Waals surface area contributed by atoms with Gasteiger partial charge >= 0.3 is 12.1 Å². The lowest BCUT2D eigenvalue weighted by atomic mass is 10.1. The smallest absolute Gasteiger partial charge is 0.475 e. The van der Waals surface area contributed by atoms with Crippen molar-refractivity contribution in [2.24, 2.45) is 5.90 Å². The summed E-state index contributed by atoms with van der Waals surface area (Å²) in [6.45, 7) is 0.384. The molecule has 20 heavy (non-hydrogen) atoms. The molecule has 0 atom stereocenters. The van der Waals surface area contributed by atoms with Crippen LogP contribution in [0.2, 0.25) is 0 Å². The van der Waals surface area contributed by atoms with Gasteiger partial charge in [-0.3, -0.25) is 4.84 Å². The minimum Gasteiger partial charge on any atom is -0.475 e. The molecule has 0 heterocycles. The molecule has 0 bridgehead atoms. The molecular formula is C11H12Cl2F3NO3. The van der Waals surface area contributed by atoms with Crippen molar-refractivity contribution in [2.45, 2.75) is 24.5 Å². The van der Waals surface area contributed by atoms with Gasteiger partial charge in [0.15, 0.2) is 0 Å². The zero-order chi connectivity index (χ0) is 15.8. The Morgan fingerprint density at radius 2 is 1.50 bits per heavy atom. The number of alkyl halides is 5. The predicted octanol–water partition coefficient (Wildman–Crippen LogP) is 3.19. The number of aliphatic carboxylic acids is 1. The van der Waals surface area contributed by atoms with Crippen molar-refractivity contribution in [1.29, 1.82) is 0 Å². The zero-order valence-electron chi connectivity index (χ0n) is 10.1. The molecule has 1 rings (SSSR count). The highest BCUT2D eigenvalue weighted by Crippen LogP contribution is 2.15. The van der Waals surface area contributed by atoms with Crippen molar-refractivity contribution in [3.63, 3.8) is 0 Å². The van der Waals surface area contributed by atoms with E-state index in [0.717, 1.165) is 16.7 Å². The monoisotopic (exact) mass is 333 g/mol. The third-order valence-corrected chi connectivity index (χ3v) is 2.53. The predicted molar refractivity (Wildman–Crippen MR) is 68.2 cm³/mol. The van der Waals surface area contributed by atoms with Gasteiger partial charge in [-0.15, -0.1) is 23.2 Å². The highest BCUT2D eigenvalue weighted by molar-refractivity contribution is 6.17. The Bertz CT molecular complexity index is 419. The summed E-state index contributed by atoms with van der Waals surface area (Å²) in [5.74, 6) is 3.17. The van der Waals surface area contributed by atoms with Crippen LogP contribution in [0.4, 0.5) is 13.2 Å². The van der Waals surface area contributed by atoms with E-state index in [-0.39, 0.29) is 0 Å². The maximum absolute atomic E-state index is 10.6. The molecule has 3 N–H and O–H groups in total. The normalized spacial score (nSPS) is 10.7. The van der Waals surface area contributed by atoms with Gasteiger partial charge in [-0.25, -0.2) is 10.7 Å². The van der Waals surface area contributed by atoms with Crippen LogP contribution in [0.15, 0.2) is 18.2 Å². The first-order valence-electron chi connectivity index (χ1n) is 5.10. The Morgan fingerprint density at radius 3 is 1.75 bits per heavy atom. The number of benzene rings is 1. The molecule has 0 saturated heterocycles. The molecule has 0 aliphatic heterocycles. The quantitative estimate of drug-likeness (QED) is 0.655. The average Bonchev–Trinajstić information content (AvgIpc) is 2.38. The molecule has 0 radical (unpaired) electrons. The summed E-state index contributed by atoms with van der Waals surface area (Å²) in [4.78, 5) is 13.4. The molecule has 0 aromatic heterocycles. The number of carboxylic acids is 1. The van der Waals surface area contributed by atoms with Crippen molar-refractivity contribution in [3.05, 3.63) is 34.9 Å². The van der Waals surface area contributed by atoms with Gasteiger partial charge in [0.2, 0.25) is 0 Å². The molecule has 1 aromatic carbocycles. The second-order valence-electron chi connectivity index (χ2n) is 3.54. The van der Waals surface area contributed by atoms with Crippen LogP contribution in [0.25, 0.3) is 0 Å². The van der Waals surface area contributed by atoms with Crippen LogP contribution in [0.5, 0.6) is 0 Å². The fourth-order valence-corrected chi connectivity index (χ4v) is 1.48. The van der Waals surface area contributed by atoms with E-state index < -0.39 is 12.1 Å². The summed E-state index contributed by atoms with van der Waals surface area (Å²) >= 11 is 11.4. The largest absolute Gasteiger partial charge is 0.490 e. The first-order chi connectivity index (χ1) is 9.24. The van der Waals surface area contributed by atoms with E-state index in [1.807, 2.05) is 18.2 Å². The van der Waals surface area contributed by atoms with Crippen molar-refractivity contribution < 1.29 is 27.9 Å². The maximum atomic E-state index is 10.6. The Morgan fingerprint density at radius 1 is 1.15 bits per heavy atom. The number of rotatable bonds is 4. The molecule has 0 unspecified atom stereocenters. The highest BCUT2D eigenvalue weighted by Gasteiger charge is 2.38. The van der Waals surface area contributed by atoms with E-state index in [2.05, 4.69) is 4.84 Å². The molecule has 0 spiro atoms. The highest BCUT2D eigenvalue weighted by atomic mass is 35.5. The Kier molecular flexibility index (Phi) is 8.56. The van der Waals surface area contributed by atoms with E-state index >= 15 is 0 Å². The summed E-state index contributed by atoms with van der Waals surface area (Å²) in [5, 5.41) is 7.12. The fourth-order valence-electron chi connectivity index (χ4n) is 1.17. The first kappa shape index (κ1) is 19.0. The molecule has 1 aromatic rings.